The van der Waals surface area contributed by atoms with Crippen molar-refractivity contribution in [1.82, 2.24) is 10.2 Å². The van der Waals surface area contributed by atoms with Crippen LogP contribution in [0.5, 0.6) is 0 Å². The SMILES string of the molecule is O=C(NC(=NCCN1CCOCC1)Nc1cccc(Br)c1)c1ccc(F)c(F)c1. The first-order valence-electron chi connectivity index (χ1n) is 9.15. The average Bonchev–Trinajstić information content (AvgIpc) is 2.71. The molecule has 1 amide bonds. The van der Waals surface area contributed by atoms with Crippen LogP contribution in [0.15, 0.2) is 51.9 Å². The van der Waals surface area contributed by atoms with Crippen LogP contribution in [0.1, 0.15) is 10.4 Å². The molecule has 1 heterocycles. The summed E-state index contributed by atoms with van der Waals surface area (Å²) >= 11 is 3.40. The molecule has 0 saturated carbocycles. The zero-order valence-corrected chi connectivity index (χ0v) is 17.2. The molecule has 154 valence electrons. The zero-order valence-electron chi connectivity index (χ0n) is 15.6. The number of rotatable bonds is 5. The van der Waals surface area contributed by atoms with E-state index in [0.29, 0.717) is 26.3 Å². The Morgan fingerprint density at radius 1 is 1.14 bits per heavy atom. The smallest absolute Gasteiger partial charge is 0.258 e. The van der Waals surface area contributed by atoms with Crippen LogP contribution in [0.3, 0.4) is 0 Å². The Morgan fingerprint density at radius 2 is 1.93 bits per heavy atom. The van der Waals surface area contributed by atoms with E-state index in [9.17, 15) is 13.6 Å². The number of nitrogens with one attached hydrogen (secondary N) is 2. The monoisotopic (exact) mass is 466 g/mol. The molecule has 0 atom stereocenters. The summed E-state index contributed by atoms with van der Waals surface area (Å²) < 4.78 is 32.8. The van der Waals surface area contributed by atoms with E-state index >= 15 is 0 Å². The maximum atomic E-state index is 13.5. The predicted molar refractivity (Wildman–Crippen MR) is 111 cm³/mol. The fourth-order valence-corrected chi connectivity index (χ4v) is 3.16. The molecule has 0 radical (unpaired) electrons. The van der Waals surface area contributed by atoms with Crippen LogP contribution in [0, 0.1) is 11.6 Å². The van der Waals surface area contributed by atoms with Crippen molar-refractivity contribution in [3.8, 4) is 0 Å². The Balaban J connectivity index is 1.70. The lowest BCUT2D eigenvalue weighted by Gasteiger charge is -2.25. The number of amides is 1. The van der Waals surface area contributed by atoms with Crippen molar-refractivity contribution in [3.63, 3.8) is 0 Å². The number of carbonyl (C=O) groups excluding carboxylic acids is 1. The van der Waals surface area contributed by atoms with E-state index in [4.69, 9.17) is 4.74 Å². The zero-order chi connectivity index (χ0) is 20.6. The molecule has 0 bridgehead atoms. The van der Waals surface area contributed by atoms with Gasteiger partial charge in [0.25, 0.3) is 5.91 Å². The number of benzene rings is 2. The second-order valence-electron chi connectivity index (χ2n) is 6.40. The lowest BCUT2D eigenvalue weighted by molar-refractivity contribution is 0.0394. The molecular formula is C20H21BrF2N4O2. The van der Waals surface area contributed by atoms with Crippen molar-refractivity contribution >= 4 is 33.5 Å². The minimum atomic E-state index is -1.08. The fraction of sp³-hybridized carbons (Fsp3) is 0.300. The number of guanidine groups is 1. The summed E-state index contributed by atoms with van der Waals surface area (Å²) in [4.78, 5) is 19.2. The Kier molecular flexibility index (Phi) is 7.68. The molecule has 1 aliphatic rings. The van der Waals surface area contributed by atoms with Crippen LogP contribution < -0.4 is 10.6 Å². The largest absolute Gasteiger partial charge is 0.379 e. The first-order chi connectivity index (χ1) is 14.0. The van der Waals surface area contributed by atoms with Crippen LogP contribution in [0.2, 0.25) is 0 Å². The number of nitrogens with zero attached hydrogens (tertiary/aromatic N) is 2. The predicted octanol–water partition coefficient (Wildman–Crippen LogP) is 3.26. The molecule has 1 fully saturated rings. The normalized spacial score (nSPS) is 15.2. The van der Waals surface area contributed by atoms with Crippen LogP contribution in [0.25, 0.3) is 0 Å². The highest BCUT2D eigenvalue weighted by Gasteiger charge is 2.13. The number of hydrogen-bond donors (Lipinski definition) is 2. The molecule has 2 N–H and O–H groups in total. The third-order valence-electron chi connectivity index (χ3n) is 4.29. The number of halogens is 3. The van der Waals surface area contributed by atoms with Gasteiger partial charge in [0.15, 0.2) is 11.6 Å². The molecule has 2 aromatic rings. The van der Waals surface area contributed by atoms with E-state index in [1.807, 2.05) is 24.3 Å². The first-order valence-corrected chi connectivity index (χ1v) is 9.94. The first kappa shape index (κ1) is 21.4. The minimum Gasteiger partial charge on any atom is -0.379 e. The summed E-state index contributed by atoms with van der Waals surface area (Å²) in [6, 6.07) is 10.4. The van der Waals surface area contributed by atoms with E-state index in [1.54, 1.807) is 0 Å². The maximum Gasteiger partial charge on any atom is 0.258 e. The van der Waals surface area contributed by atoms with E-state index in [0.717, 1.165) is 35.4 Å². The van der Waals surface area contributed by atoms with Crippen molar-refractivity contribution in [3.05, 3.63) is 64.1 Å². The molecule has 29 heavy (non-hydrogen) atoms. The topological polar surface area (TPSA) is 66.0 Å². The van der Waals surface area contributed by atoms with Gasteiger partial charge in [-0.25, -0.2) is 8.78 Å². The van der Waals surface area contributed by atoms with Crippen LogP contribution in [-0.4, -0.2) is 56.2 Å². The molecule has 2 aromatic carbocycles. The summed E-state index contributed by atoms with van der Waals surface area (Å²) in [5, 5.41) is 5.70. The Hall–Kier alpha value is -2.36. The molecule has 0 unspecified atom stereocenters. The summed E-state index contributed by atoms with van der Waals surface area (Å²) in [6.45, 7) is 4.23. The molecule has 0 spiro atoms. The van der Waals surface area contributed by atoms with Gasteiger partial charge in [0.2, 0.25) is 5.96 Å². The van der Waals surface area contributed by atoms with Gasteiger partial charge in [-0.05, 0) is 36.4 Å². The van der Waals surface area contributed by atoms with Gasteiger partial charge in [-0.2, -0.15) is 0 Å². The minimum absolute atomic E-state index is 0.000761. The highest BCUT2D eigenvalue weighted by molar-refractivity contribution is 9.10. The van der Waals surface area contributed by atoms with Gasteiger partial charge < -0.3 is 10.1 Å². The lowest BCUT2D eigenvalue weighted by atomic mass is 10.2. The van der Waals surface area contributed by atoms with Gasteiger partial charge in [0.1, 0.15) is 0 Å². The van der Waals surface area contributed by atoms with Gasteiger partial charge in [0, 0.05) is 35.4 Å². The number of anilines is 1. The molecule has 6 nitrogen and oxygen atoms in total. The Labute approximate surface area is 176 Å². The van der Waals surface area contributed by atoms with Crippen molar-refractivity contribution in [2.45, 2.75) is 0 Å². The van der Waals surface area contributed by atoms with Crippen LogP contribution in [0.4, 0.5) is 14.5 Å². The highest BCUT2D eigenvalue weighted by Crippen LogP contribution is 2.15. The number of carbonyl (C=O) groups is 1. The quantitative estimate of drug-likeness (QED) is 0.524. The van der Waals surface area contributed by atoms with Gasteiger partial charge >= 0.3 is 0 Å². The van der Waals surface area contributed by atoms with Crippen molar-refractivity contribution in [1.29, 1.82) is 0 Å². The van der Waals surface area contributed by atoms with Gasteiger partial charge in [-0.3, -0.25) is 20.0 Å². The molecule has 9 heteroatoms. The van der Waals surface area contributed by atoms with Gasteiger partial charge in [-0.15, -0.1) is 0 Å². The number of morpholine rings is 1. The van der Waals surface area contributed by atoms with Gasteiger partial charge in [-0.1, -0.05) is 22.0 Å². The van der Waals surface area contributed by atoms with E-state index in [-0.39, 0.29) is 11.5 Å². The van der Waals surface area contributed by atoms with Crippen LogP contribution in [-0.2, 0) is 4.74 Å². The highest BCUT2D eigenvalue weighted by atomic mass is 79.9. The third-order valence-corrected chi connectivity index (χ3v) is 4.78. The molecule has 1 saturated heterocycles. The Bertz CT molecular complexity index is 889. The van der Waals surface area contributed by atoms with Crippen LogP contribution >= 0.6 is 15.9 Å². The van der Waals surface area contributed by atoms with E-state index in [2.05, 4.69) is 36.5 Å². The average molecular weight is 467 g/mol. The summed E-state index contributed by atoms with van der Waals surface area (Å²) in [7, 11) is 0. The maximum absolute atomic E-state index is 13.5. The van der Waals surface area contributed by atoms with Gasteiger partial charge in [0.05, 0.1) is 19.8 Å². The van der Waals surface area contributed by atoms with E-state index < -0.39 is 17.5 Å². The van der Waals surface area contributed by atoms with Crippen molar-refractivity contribution < 1.29 is 18.3 Å². The molecular weight excluding hydrogens is 446 g/mol. The number of hydrogen-bond acceptors (Lipinski definition) is 4. The number of ether oxygens (including phenoxy) is 1. The molecule has 0 aliphatic carbocycles. The standard InChI is InChI=1S/C20H21BrF2N4O2/c21-15-2-1-3-16(13-15)25-20(24-6-7-27-8-10-29-11-9-27)26-19(28)14-4-5-17(22)18(23)12-14/h1-5,12-13H,6-11H2,(H2,24,25,26,28). The molecule has 1 aliphatic heterocycles. The van der Waals surface area contributed by atoms with E-state index in [1.165, 1.54) is 6.07 Å². The summed E-state index contributed by atoms with van der Waals surface area (Å²) in [5.74, 6) is -2.45. The molecule has 3 rings (SSSR count). The van der Waals surface area contributed by atoms with Crippen molar-refractivity contribution in [2.24, 2.45) is 4.99 Å². The molecule has 0 aromatic heterocycles. The second-order valence-corrected chi connectivity index (χ2v) is 7.32. The lowest BCUT2D eigenvalue weighted by Crippen LogP contribution is -2.39. The van der Waals surface area contributed by atoms with Crippen molar-refractivity contribution in [2.75, 3.05) is 44.7 Å². The number of aliphatic imine (C=N–C) groups is 1. The fourth-order valence-electron chi connectivity index (χ4n) is 2.76. The summed E-state index contributed by atoms with van der Waals surface area (Å²) in [5.41, 5.74) is 0.718. The summed E-state index contributed by atoms with van der Waals surface area (Å²) in [6.07, 6.45) is 0. The Morgan fingerprint density at radius 3 is 2.66 bits per heavy atom. The third kappa shape index (κ3) is 6.59. The second kappa shape index (κ2) is 10.4.